The minimum atomic E-state index is -5.01. The monoisotopic (exact) mass is 275 g/mol. The van der Waals surface area contributed by atoms with E-state index in [0.29, 0.717) is 0 Å². The van der Waals surface area contributed by atoms with Gasteiger partial charge in [0.15, 0.2) is 0 Å². The Kier molecular flexibility index (Phi) is 4.34. The van der Waals surface area contributed by atoms with E-state index in [1.54, 1.807) is 6.07 Å². The largest absolute Gasteiger partial charge is 0.573 e. The number of carbonyl (C=O) groups excluding carboxylic acids is 1. The van der Waals surface area contributed by atoms with Crippen molar-refractivity contribution in [2.75, 3.05) is 7.11 Å². The Morgan fingerprint density at radius 2 is 2.11 bits per heavy atom. The minimum Gasteiger partial charge on any atom is -0.465 e. The van der Waals surface area contributed by atoms with Gasteiger partial charge < -0.3 is 14.6 Å². The Balaban J connectivity index is 3.48. The molecule has 1 aromatic rings. The highest BCUT2D eigenvalue weighted by molar-refractivity contribution is 5.94. The SMILES string of the molecule is COC(=O)c1c(OC(F)(F)F)ccc(C#N)c1CO. The summed E-state index contributed by atoms with van der Waals surface area (Å²) in [4.78, 5) is 11.5. The quantitative estimate of drug-likeness (QED) is 0.850. The number of ether oxygens (including phenoxy) is 2. The molecule has 0 saturated carbocycles. The number of methoxy groups -OCH3 is 1. The van der Waals surface area contributed by atoms with Crippen molar-refractivity contribution in [2.24, 2.45) is 0 Å². The molecular weight excluding hydrogens is 267 g/mol. The van der Waals surface area contributed by atoms with E-state index in [9.17, 15) is 18.0 Å². The van der Waals surface area contributed by atoms with Crippen LogP contribution in [0.2, 0.25) is 0 Å². The van der Waals surface area contributed by atoms with E-state index in [1.165, 1.54) is 0 Å². The summed E-state index contributed by atoms with van der Waals surface area (Å²) in [7, 11) is 0.958. The Morgan fingerprint density at radius 1 is 1.47 bits per heavy atom. The predicted molar refractivity (Wildman–Crippen MR) is 55.1 cm³/mol. The number of nitrogens with zero attached hydrogens (tertiary/aromatic N) is 1. The van der Waals surface area contributed by atoms with E-state index in [0.717, 1.165) is 19.2 Å². The second-order valence-corrected chi connectivity index (χ2v) is 3.27. The lowest BCUT2D eigenvalue weighted by molar-refractivity contribution is -0.274. The van der Waals surface area contributed by atoms with Gasteiger partial charge in [0.2, 0.25) is 0 Å². The summed E-state index contributed by atoms with van der Waals surface area (Å²) in [5.74, 6) is -1.97. The number of hydrogen-bond donors (Lipinski definition) is 1. The molecule has 8 heteroatoms. The van der Waals surface area contributed by atoms with Crippen LogP contribution in [0, 0.1) is 11.3 Å². The van der Waals surface area contributed by atoms with Gasteiger partial charge in [-0.2, -0.15) is 5.26 Å². The Labute approximate surface area is 105 Å². The molecule has 0 heterocycles. The number of nitriles is 1. The molecule has 102 valence electrons. The number of alkyl halides is 3. The lowest BCUT2D eigenvalue weighted by Crippen LogP contribution is -2.20. The number of rotatable bonds is 3. The smallest absolute Gasteiger partial charge is 0.465 e. The van der Waals surface area contributed by atoms with Gasteiger partial charge >= 0.3 is 12.3 Å². The molecule has 0 unspecified atom stereocenters. The van der Waals surface area contributed by atoms with Crippen LogP contribution in [0.15, 0.2) is 12.1 Å². The highest BCUT2D eigenvalue weighted by atomic mass is 19.4. The molecule has 1 aromatic carbocycles. The molecule has 0 atom stereocenters. The van der Waals surface area contributed by atoms with Crippen LogP contribution in [0.25, 0.3) is 0 Å². The van der Waals surface area contributed by atoms with Gasteiger partial charge in [0.1, 0.15) is 11.3 Å². The molecule has 0 radical (unpaired) electrons. The third-order valence-corrected chi connectivity index (χ3v) is 2.17. The van der Waals surface area contributed by atoms with E-state index >= 15 is 0 Å². The van der Waals surface area contributed by atoms with Gasteiger partial charge in [-0.25, -0.2) is 4.79 Å². The molecule has 0 fully saturated rings. The number of benzene rings is 1. The molecule has 0 amide bonds. The van der Waals surface area contributed by atoms with Crippen molar-refractivity contribution in [2.45, 2.75) is 13.0 Å². The van der Waals surface area contributed by atoms with E-state index in [-0.39, 0.29) is 11.1 Å². The first-order valence-electron chi connectivity index (χ1n) is 4.85. The van der Waals surface area contributed by atoms with Crippen LogP contribution in [-0.4, -0.2) is 24.5 Å². The summed E-state index contributed by atoms with van der Waals surface area (Å²) in [6.45, 7) is -0.803. The molecule has 0 spiro atoms. The maximum absolute atomic E-state index is 12.2. The fourth-order valence-corrected chi connectivity index (χ4v) is 1.43. The van der Waals surface area contributed by atoms with Crippen LogP contribution in [0.3, 0.4) is 0 Å². The summed E-state index contributed by atoms with van der Waals surface area (Å²) >= 11 is 0. The Morgan fingerprint density at radius 3 is 2.53 bits per heavy atom. The number of carbonyl (C=O) groups is 1. The molecule has 0 aliphatic heterocycles. The van der Waals surface area contributed by atoms with Gasteiger partial charge in [0.25, 0.3) is 0 Å². The number of hydrogen-bond acceptors (Lipinski definition) is 5. The molecule has 1 N–H and O–H groups in total. The van der Waals surface area contributed by atoms with E-state index in [1.807, 2.05) is 0 Å². The zero-order valence-electron chi connectivity index (χ0n) is 9.61. The first kappa shape index (κ1) is 14.8. The summed E-state index contributed by atoms with van der Waals surface area (Å²) < 4.78 is 44.6. The van der Waals surface area contributed by atoms with E-state index < -0.39 is 30.3 Å². The lowest BCUT2D eigenvalue weighted by atomic mass is 10.0. The van der Waals surface area contributed by atoms with Crippen LogP contribution >= 0.6 is 0 Å². The second kappa shape index (κ2) is 5.58. The van der Waals surface area contributed by atoms with Crippen molar-refractivity contribution >= 4 is 5.97 Å². The standard InChI is InChI=1S/C11H8F3NO4/c1-18-10(17)9-7(5-16)6(4-15)2-3-8(9)19-11(12,13)14/h2-3,16H,5H2,1H3. The minimum absolute atomic E-state index is 0.141. The number of halogens is 3. The first-order chi connectivity index (χ1) is 8.84. The summed E-state index contributed by atoms with van der Waals surface area (Å²) in [5.41, 5.74) is -1.05. The van der Waals surface area contributed by atoms with E-state index in [4.69, 9.17) is 10.4 Å². The molecule has 19 heavy (non-hydrogen) atoms. The summed E-state index contributed by atoms with van der Waals surface area (Å²) in [6, 6.07) is 3.48. The van der Waals surface area contributed by atoms with Crippen molar-refractivity contribution in [1.82, 2.24) is 0 Å². The number of aliphatic hydroxyl groups excluding tert-OH is 1. The molecule has 0 aliphatic rings. The zero-order valence-corrected chi connectivity index (χ0v) is 9.61. The van der Waals surface area contributed by atoms with E-state index in [2.05, 4.69) is 9.47 Å². The number of aliphatic hydroxyl groups is 1. The van der Waals surface area contributed by atoms with Gasteiger partial charge in [-0.1, -0.05) is 0 Å². The predicted octanol–water partition coefficient (Wildman–Crippen LogP) is 1.74. The summed E-state index contributed by atoms with van der Waals surface area (Å²) in [5, 5.41) is 17.9. The molecule has 0 saturated heterocycles. The highest BCUT2D eigenvalue weighted by Gasteiger charge is 2.34. The molecule has 5 nitrogen and oxygen atoms in total. The molecule has 0 aliphatic carbocycles. The van der Waals surface area contributed by atoms with Crippen LogP contribution in [0.4, 0.5) is 13.2 Å². The number of esters is 1. The van der Waals surface area contributed by atoms with Gasteiger partial charge in [0, 0.05) is 5.56 Å². The molecule has 0 bridgehead atoms. The molecular formula is C11H8F3NO4. The highest BCUT2D eigenvalue weighted by Crippen LogP contribution is 2.31. The average Bonchev–Trinajstić information content (AvgIpc) is 2.35. The van der Waals surface area contributed by atoms with Crippen molar-refractivity contribution in [3.05, 3.63) is 28.8 Å². The van der Waals surface area contributed by atoms with Crippen LogP contribution in [-0.2, 0) is 11.3 Å². The Bertz CT molecular complexity index is 534. The molecule has 0 aromatic heterocycles. The Hall–Kier alpha value is -2.27. The van der Waals surface area contributed by atoms with Gasteiger partial charge in [-0.3, -0.25) is 0 Å². The average molecular weight is 275 g/mol. The van der Waals surface area contributed by atoms with Crippen molar-refractivity contribution < 1.29 is 32.5 Å². The van der Waals surface area contributed by atoms with Crippen LogP contribution in [0.1, 0.15) is 21.5 Å². The zero-order chi connectivity index (χ0) is 14.6. The van der Waals surface area contributed by atoms with Crippen LogP contribution < -0.4 is 4.74 Å². The first-order valence-corrected chi connectivity index (χ1v) is 4.85. The van der Waals surface area contributed by atoms with Gasteiger partial charge in [-0.15, -0.1) is 13.2 Å². The van der Waals surface area contributed by atoms with Crippen molar-refractivity contribution in [3.63, 3.8) is 0 Å². The summed E-state index contributed by atoms with van der Waals surface area (Å²) in [6.07, 6.45) is -5.01. The van der Waals surface area contributed by atoms with Gasteiger partial charge in [-0.05, 0) is 12.1 Å². The van der Waals surface area contributed by atoms with Gasteiger partial charge in [0.05, 0.1) is 25.3 Å². The fraction of sp³-hybridized carbons (Fsp3) is 0.273. The third-order valence-electron chi connectivity index (χ3n) is 2.17. The topological polar surface area (TPSA) is 79.5 Å². The van der Waals surface area contributed by atoms with Crippen molar-refractivity contribution in [3.8, 4) is 11.8 Å². The maximum atomic E-state index is 12.2. The molecule has 1 rings (SSSR count). The van der Waals surface area contributed by atoms with Crippen LogP contribution in [0.5, 0.6) is 5.75 Å². The fourth-order valence-electron chi connectivity index (χ4n) is 1.43. The normalized spacial score (nSPS) is 10.7. The lowest BCUT2D eigenvalue weighted by Gasteiger charge is -2.15. The second-order valence-electron chi connectivity index (χ2n) is 3.27. The third kappa shape index (κ3) is 3.35. The maximum Gasteiger partial charge on any atom is 0.573 e. The van der Waals surface area contributed by atoms with Crippen molar-refractivity contribution in [1.29, 1.82) is 5.26 Å².